The number of rotatable bonds is 8. The van der Waals surface area contributed by atoms with Crippen molar-refractivity contribution >= 4 is 5.97 Å². The van der Waals surface area contributed by atoms with Crippen LogP contribution in [0.4, 0.5) is 0 Å². The fourth-order valence-corrected chi connectivity index (χ4v) is 2.77. The number of hydrogen-bond acceptors (Lipinski definition) is 3. The lowest BCUT2D eigenvalue weighted by molar-refractivity contribution is -0.140. The molecule has 0 saturated heterocycles. The number of carbonyl (C=O) groups is 1. The molecule has 0 aromatic rings. The summed E-state index contributed by atoms with van der Waals surface area (Å²) in [6.07, 6.45) is 7.36. The fraction of sp³-hybridized carbons (Fsp3) is 0.929. The van der Waals surface area contributed by atoms with Gasteiger partial charge in [0.1, 0.15) is 6.04 Å². The first-order valence-corrected chi connectivity index (χ1v) is 7.39. The van der Waals surface area contributed by atoms with E-state index in [2.05, 4.69) is 24.1 Å². The summed E-state index contributed by atoms with van der Waals surface area (Å²) in [5.41, 5.74) is 0. The van der Waals surface area contributed by atoms with Gasteiger partial charge in [-0.25, -0.2) is 0 Å². The monoisotopic (exact) mass is 256 g/mol. The molecule has 18 heavy (non-hydrogen) atoms. The highest BCUT2D eigenvalue weighted by molar-refractivity contribution is 5.73. The summed E-state index contributed by atoms with van der Waals surface area (Å²) >= 11 is 0. The van der Waals surface area contributed by atoms with Crippen LogP contribution in [0.25, 0.3) is 0 Å². The van der Waals surface area contributed by atoms with E-state index in [-0.39, 0.29) is 0 Å². The number of carboxylic acids is 1. The van der Waals surface area contributed by atoms with Crippen LogP contribution in [0, 0.1) is 0 Å². The predicted octanol–water partition coefficient (Wildman–Crippen LogP) is 2.09. The molecular weight excluding hydrogens is 228 g/mol. The van der Waals surface area contributed by atoms with Gasteiger partial charge < -0.3 is 10.4 Å². The first-order chi connectivity index (χ1) is 8.69. The highest BCUT2D eigenvalue weighted by Gasteiger charge is 2.25. The predicted molar refractivity (Wildman–Crippen MR) is 73.8 cm³/mol. The van der Waals surface area contributed by atoms with Crippen molar-refractivity contribution in [2.24, 2.45) is 0 Å². The van der Waals surface area contributed by atoms with Gasteiger partial charge in [0.05, 0.1) is 0 Å². The van der Waals surface area contributed by atoms with Crippen LogP contribution in [0.5, 0.6) is 0 Å². The quantitative estimate of drug-likeness (QED) is 0.698. The van der Waals surface area contributed by atoms with Gasteiger partial charge in [-0.1, -0.05) is 33.1 Å². The van der Waals surface area contributed by atoms with Gasteiger partial charge in [0, 0.05) is 12.6 Å². The average molecular weight is 256 g/mol. The van der Waals surface area contributed by atoms with Crippen LogP contribution in [0.2, 0.25) is 0 Å². The van der Waals surface area contributed by atoms with E-state index in [1.165, 1.54) is 32.1 Å². The van der Waals surface area contributed by atoms with Crippen molar-refractivity contribution in [2.45, 2.75) is 64.5 Å². The van der Waals surface area contributed by atoms with Crippen LogP contribution >= 0.6 is 0 Å². The average Bonchev–Trinajstić information content (AvgIpc) is 2.39. The number of carboxylic acid groups (broad SMARTS) is 1. The highest BCUT2D eigenvalue weighted by Crippen LogP contribution is 2.22. The molecule has 0 aliphatic heterocycles. The molecule has 0 aromatic heterocycles. The van der Waals surface area contributed by atoms with E-state index < -0.39 is 12.0 Å². The van der Waals surface area contributed by atoms with Gasteiger partial charge in [-0.2, -0.15) is 0 Å². The maximum atomic E-state index is 11.3. The molecular formula is C14H28N2O2. The Morgan fingerprint density at radius 3 is 2.50 bits per heavy atom. The van der Waals surface area contributed by atoms with Gasteiger partial charge in [0.25, 0.3) is 0 Å². The summed E-state index contributed by atoms with van der Waals surface area (Å²) < 4.78 is 0. The van der Waals surface area contributed by atoms with Crippen molar-refractivity contribution < 1.29 is 9.90 Å². The van der Waals surface area contributed by atoms with Crippen LogP contribution in [-0.2, 0) is 4.79 Å². The Balaban J connectivity index is 2.49. The van der Waals surface area contributed by atoms with Crippen LogP contribution in [-0.4, -0.2) is 47.7 Å². The Hall–Kier alpha value is -0.610. The molecule has 1 rings (SSSR count). The molecule has 0 aromatic carbocycles. The summed E-state index contributed by atoms with van der Waals surface area (Å²) in [5, 5.41) is 12.4. The molecule has 1 unspecified atom stereocenters. The molecule has 4 nitrogen and oxygen atoms in total. The number of nitrogens with one attached hydrogen (secondary N) is 1. The Morgan fingerprint density at radius 1 is 1.33 bits per heavy atom. The van der Waals surface area contributed by atoms with E-state index in [0.717, 1.165) is 19.5 Å². The molecule has 0 bridgehead atoms. The molecule has 1 aliphatic carbocycles. The van der Waals surface area contributed by atoms with Crippen molar-refractivity contribution in [3.8, 4) is 0 Å². The molecule has 1 saturated carbocycles. The van der Waals surface area contributed by atoms with E-state index >= 15 is 0 Å². The minimum Gasteiger partial charge on any atom is -0.480 e. The van der Waals surface area contributed by atoms with Crippen LogP contribution in [0.3, 0.4) is 0 Å². The standard InChI is InChI=1S/C14H28N2O2/c1-3-10-15-13(14(17)18)11-16(4-2)12-8-6-5-7-9-12/h12-13,15H,3-11H2,1-2H3,(H,17,18). The third kappa shape index (κ3) is 4.94. The van der Waals surface area contributed by atoms with Crippen LogP contribution < -0.4 is 5.32 Å². The fourth-order valence-electron chi connectivity index (χ4n) is 2.77. The van der Waals surface area contributed by atoms with Gasteiger partial charge in [0.2, 0.25) is 0 Å². The number of likely N-dealkylation sites (N-methyl/N-ethyl adjacent to an activating group) is 1. The van der Waals surface area contributed by atoms with E-state index in [1.807, 2.05) is 0 Å². The number of nitrogens with zero attached hydrogens (tertiary/aromatic N) is 1. The topological polar surface area (TPSA) is 52.6 Å². The zero-order valence-corrected chi connectivity index (χ0v) is 11.8. The second-order valence-electron chi connectivity index (χ2n) is 5.22. The van der Waals surface area contributed by atoms with Crippen molar-refractivity contribution in [1.82, 2.24) is 10.2 Å². The lowest BCUT2D eigenvalue weighted by Gasteiger charge is -2.35. The van der Waals surface area contributed by atoms with Gasteiger partial charge >= 0.3 is 5.97 Å². The Labute approximate surface area is 111 Å². The van der Waals surface area contributed by atoms with Crippen LogP contribution in [0.1, 0.15) is 52.4 Å². The number of hydrogen-bond donors (Lipinski definition) is 2. The molecule has 0 spiro atoms. The van der Waals surface area contributed by atoms with Crippen LogP contribution in [0.15, 0.2) is 0 Å². The van der Waals surface area contributed by atoms with Crippen molar-refractivity contribution in [1.29, 1.82) is 0 Å². The number of aliphatic carboxylic acids is 1. The molecule has 4 heteroatoms. The molecule has 1 aliphatic rings. The first kappa shape index (κ1) is 15.4. The van der Waals surface area contributed by atoms with Gasteiger partial charge in [-0.05, 0) is 32.4 Å². The Kier molecular flexibility index (Phi) is 7.28. The molecule has 0 heterocycles. The van der Waals surface area contributed by atoms with Gasteiger partial charge in [-0.15, -0.1) is 0 Å². The summed E-state index contributed by atoms with van der Waals surface area (Å²) in [4.78, 5) is 13.6. The maximum absolute atomic E-state index is 11.3. The maximum Gasteiger partial charge on any atom is 0.322 e. The molecule has 2 N–H and O–H groups in total. The van der Waals surface area contributed by atoms with Gasteiger partial charge in [-0.3, -0.25) is 9.69 Å². The zero-order chi connectivity index (χ0) is 13.4. The second kappa shape index (κ2) is 8.48. The SMILES string of the molecule is CCCNC(CN(CC)C1CCCCC1)C(=O)O. The van der Waals surface area contributed by atoms with Crippen molar-refractivity contribution in [3.05, 3.63) is 0 Å². The molecule has 1 fully saturated rings. The van der Waals surface area contributed by atoms with Gasteiger partial charge in [0.15, 0.2) is 0 Å². The molecule has 106 valence electrons. The highest BCUT2D eigenvalue weighted by atomic mass is 16.4. The van der Waals surface area contributed by atoms with E-state index in [0.29, 0.717) is 12.6 Å². The third-order valence-corrected chi connectivity index (χ3v) is 3.85. The molecule has 1 atom stereocenters. The second-order valence-corrected chi connectivity index (χ2v) is 5.22. The van der Waals surface area contributed by atoms with Crippen molar-refractivity contribution in [2.75, 3.05) is 19.6 Å². The third-order valence-electron chi connectivity index (χ3n) is 3.85. The normalized spacial score (nSPS) is 19.1. The first-order valence-electron chi connectivity index (χ1n) is 7.39. The smallest absolute Gasteiger partial charge is 0.322 e. The molecule has 0 radical (unpaired) electrons. The summed E-state index contributed by atoms with van der Waals surface area (Å²) in [6, 6.07) is 0.167. The van der Waals surface area contributed by atoms with E-state index in [4.69, 9.17) is 0 Å². The molecule has 0 amide bonds. The largest absolute Gasteiger partial charge is 0.480 e. The van der Waals surface area contributed by atoms with E-state index in [1.54, 1.807) is 0 Å². The zero-order valence-electron chi connectivity index (χ0n) is 11.8. The lowest BCUT2D eigenvalue weighted by Crippen LogP contribution is -2.49. The summed E-state index contributed by atoms with van der Waals surface area (Å²) in [7, 11) is 0. The summed E-state index contributed by atoms with van der Waals surface area (Å²) in [5.74, 6) is -0.724. The Morgan fingerprint density at radius 2 is 2.00 bits per heavy atom. The lowest BCUT2D eigenvalue weighted by atomic mass is 9.94. The summed E-state index contributed by atoms with van der Waals surface area (Å²) in [6.45, 7) is 6.55. The Bertz CT molecular complexity index is 240. The van der Waals surface area contributed by atoms with E-state index in [9.17, 15) is 9.90 Å². The van der Waals surface area contributed by atoms with Crippen molar-refractivity contribution in [3.63, 3.8) is 0 Å². The minimum absolute atomic E-state index is 0.424. The minimum atomic E-state index is -0.724.